The van der Waals surface area contributed by atoms with Crippen LogP contribution in [0.2, 0.25) is 0 Å². The van der Waals surface area contributed by atoms with E-state index in [4.69, 9.17) is 4.74 Å². The summed E-state index contributed by atoms with van der Waals surface area (Å²) >= 11 is 0. The Labute approximate surface area is 234 Å². The Morgan fingerprint density at radius 3 is 2.65 bits per heavy atom. The van der Waals surface area contributed by atoms with E-state index >= 15 is 0 Å². The number of carbonyl (C=O) groups is 5. The zero-order valence-corrected chi connectivity index (χ0v) is 23.2. The molecule has 40 heavy (non-hydrogen) atoms. The third-order valence-electron chi connectivity index (χ3n) is 10.4. The molecule has 4 aliphatic rings. The number of rotatable bonds is 8. The molecule has 3 saturated carbocycles. The summed E-state index contributed by atoms with van der Waals surface area (Å²) in [5.41, 5.74) is -1.29. The maximum atomic E-state index is 13.7. The normalized spacial score (nSPS) is 34.7. The summed E-state index contributed by atoms with van der Waals surface area (Å²) in [6.07, 6.45) is 6.61. The van der Waals surface area contributed by atoms with E-state index in [9.17, 15) is 29.1 Å². The SMILES string of the molecule is C[C@]12CCC(=O)C=C1CC[C@H]1[C@H]2C(=O)C[C@@]2(C)[C@@H]1CC[C@]2(O)C(=O)COC(=O)CCC(=O)NCc1ccccn1. The number of esters is 1. The molecule has 1 amide bonds. The molecule has 3 fully saturated rings. The molecule has 0 bridgehead atoms. The molecule has 0 aromatic carbocycles. The molecule has 0 spiro atoms. The number of allylic oxidation sites excluding steroid dienone is 1. The first-order valence-corrected chi connectivity index (χ1v) is 14.3. The summed E-state index contributed by atoms with van der Waals surface area (Å²) in [4.78, 5) is 67.7. The Morgan fingerprint density at radius 1 is 1.10 bits per heavy atom. The lowest BCUT2D eigenvalue weighted by molar-refractivity contribution is -0.173. The topological polar surface area (TPSA) is 140 Å². The second-order valence-corrected chi connectivity index (χ2v) is 12.5. The quantitative estimate of drug-likeness (QED) is 0.471. The Balaban J connectivity index is 1.18. The lowest BCUT2D eigenvalue weighted by atomic mass is 9.46. The van der Waals surface area contributed by atoms with Gasteiger partial charge in [-0.05, 0) is 67.6 Å². The van der Waals surface area contributed by atoms with Gasteiger partial charge in [0.05, 0.1) is 18.7 Å². The maximum Gasteiger partial charge on any atom is 0.306 e. The van der Waals surface area contributed by atoms with Gasteiger partial charge in [-0.1, -0.05) is 25.5 Å². The third-order valence-corrected chi connectivity index (χ3v) is 10.4. The Hall–Kier alpha value is -3.20. The second kappa shape index (κ2) is 10.7. The summed E-state index contributed by atoms with van der Waals surface area (Å²) in [5.74, 6) is -1.64. The van der Waals surface area contributed by atoms with Crippen molar-refractivity contribution in [2.24, 2.45) is 28.6 Å². The summed E-state index contributed by atoms with van der Waals surface area (Å²) < 4.78 is 5.18. The Morgan fingerprint density at radius 2 is 1.90 bits per heavy atom. The predicted octanol–water partition coefficient (Wildman–Crippen LogP) is 3.03. The van der Waals surface area contributed by atoms with Crippen molar-refractivity contribution in [1.82, 2.24) is 10.3 Å². The van der Waals surface area contributed by atoms with E-state index in [1.54, 1.807) is 24.4 Å². The van der Waals surface area contributed by atoms with Crippen LogP contribution in [0.3, 0.4) is 0 Å². The molecule has 9 heteroatoms. The van der Waals surface area contributed by atoms with Crippen LogP contribution in [-0.4, -0.2) is 51.5 Å². The number of nitrogens with one attached hydrogen (secondary N) is 1. The molecule has 0 saturated heterocycles. The van der Waals surface area contributed by atoms with Crippen LogP contribution < -0.4 is 5.32 Å². The van der Waals surface area contributed by atoms with Gasteiger partial charge in [-0.15, -0.1) is 0 Å². The first-order valence-electron chi connectivity index (χ1n) is 14.3. The number of carbonyl (C=O) groups excluding carboxylic acids is 5. The van der Waals surface area contributed by atoms with Gasteiger partial charge in [0, 0.05) is 36.8 Å². The van der Waals surface area contributed by atoms with Gasteiger partial charge in [-0.2, -0.15) is 0 Å². The lowest BCUT2D eigenvalue weighted by Gasteiger charge is -2.57. The van der Waals surface area contributed by atoms with Crippen LogP contribution in [0.4, 0.5) is 0 Å². The van der Waals surface area contributed by atoms with Gasteiger partial charge in [-0.25, -0.2) is 0 Å². The zero-order valence-electron chi connectivity index (χ0n) is 23.2. The van der Waals surface area contributed by atoms with Gasteiger partial charge >= 0.3 is 5.97 Å². The molecule has 2 N–H and O–H groups in total. The smallest absolute Gasteiger partial charge is 0.306 e. The van der Waals surface area contributed by atoms with Crippen molar-refractivity contribution in [3.05, 3.63) is 41.7 Å². The number of aliphatic hydroxyl groups is 1. The van der Waals surface area contributed by atoms with E-state index in [1.807, 2.05) is 13.0 Å². The second-order valence-electron chi connectivity index (χ2n) is 12.5. The molecule has 9 nitrogen and oxygen atoms in total. The molecule has 0 aliphatic heterocycles. The fourth-order valence-corrected chi connectivity index (χ4v) is 8.18. The third kappa shape index (κ3) is 4.82. The minimum Gasteiger partial charge on any atom is -0.458 e. The number of amides is 1. The molecule has 4 aliphatic carbocycles. The van der Waals surface area contributed by atoms with Crippen LogP contribution in [0, 0.1) is 28.6 Å². The number of ether oxygens (including phenoxy) is 1. The molecule has 5 rings (SSSR count). The van der Waals surface area contributed by atoms with Gasteiger partial charge in [0.15, 0.2) is 12.4 Å². The average Bonchev–Trinajstić information content (AvgIpc) is 3.20. The van der Waals surface area contributed by atoms with Crippen molar-refractivity contribution in [2.75, 3.05) is 6.61 Å². The molecule has 0 unspecified atom stereocenters. The standard InChI is InChI=1S/C31H38N2O7/c1-29-12-10-21(34)15-19(29)6-7-22-23-11-13-31(39,30(23,2)16-24(35)28(22)29)25(36)18-40-27(38)9-8-26(37)33-17-20-5-3-4-14-32-20/h3-5,14-15,22-23,28,39H,6-13,16-18H2,1-2H3,(H,33,37)/t22-,23-,28+,29+,30+,31+/m1/s1. The molecular weight excluding hydrogens is 512 g/mol. The number of Topliss-reactive ketones (excluding diaryl/α,β-unsaturated/α-hetero) is 2. The number of pyridine rings is 1. The number of ketones is 3. The van der Waals surface area contributed by atoms with E-state index in [2.05, 4.69) is 17.2 Å². The van der Waals surface area contributed by atoms with Crippen molar-refractivity contribution >= 4 is 29.2 Å². The highest BCUT2D eigenvalue weighted by Gasteiger charge is 2.68. The van der Waals surface area contributed by atoms with E-state index < -0.39 is 29.4 Å². The number of fused-ring (bicyclic) bond motifs is 5. The number of hydrogen-bond donors (Lipinski definition) is 2. The molecule has 6 atom stereocenters. The zero-order chi connectivity index (χ0) is 28.7. The Bertz CT molecular complexity index is 1260. The molecule has 1 aromatic rings. The fourth-order valence-electron chi connectivity index (χ4n) is 8.18. The van der Waals surface area contributed by atoms with Crippen molar-refractivity contribution in [2.45, 2.75) is 83.8 Å². The van der Waals surface area contributed by atoms with Crippen LogP contribution in [-0.2, 0) is 35.3 Å². The lowest BCUT2D eigenvalue weighted by Crippen LogP contribution is -2.61. The van der Waals surface area contributed by atoms with E-state index in [0.29, 0.717) is 25.0 Å². The largest absolute Gasteiger partial charge is 0.458 e. The number of nitrogens with zero attached hydrogens (tertiary/aromatic N) is 1. The van der Waals surface area contributed by atoms with E-state index in [0.717, 1.165) is 18.4 Å². The van der Waals surface area contributed by atoms with Crippen molar-refractivity contribution < 1.29 is 33.8 Å². The number of hydrogen-bond acceptors (Lipinski definition) is 8. The summed E-state index contributed by atoms with van der Waals surface area (Å²) in [6.45, 7) is 3.59. The summed E-state index contributed by atoms with van der Waals surface area (Å²) in [7, 11) is 0. The van der Waals surface area contributed by atoms with Crippen LogP contribution in [0.1, 0.15) is 77.3 Å². The van der Waals surface area contributed by atoms with Crippen LogP contribution in [0.25, 0.3) is 0 Å². The van der Waals surface area contributed by atoms with Crippen LogP contribution in [0.15, 0.2) is 36.0 Å². The first kappa shape index (κ1) is 28.3. The van der Waals surface area contributed by atoms with E-state index in [1.165, 1.54) is 0 Å². The maximum absolute atomic E-state index is 13.7. The highest BCUT2D eigenvalue weighted by Crippen LogP contribution is 2.66. The monoisotopic (exact) mass is 550 g/mol. The first-order chi connectivity index (χ1) is 19.0. The number of aromatic nitrogens is 1. The highest BCUT2D eigenvalue weighted by molar-refractivity contribution is 5.95. The van der Waals surface area contributed by atoms with Gasteiger partial charge in [0.25, 0.3) is 0 Å². The van der Waals surface area contributed by atoms with Gasteiger partial charge in [0.2, 0.25) is 11.7 Å². The van der Waals surface area contributed by atoms with Gasteiger partial charge < -0.3 is 15.2 Å². The van der Waals surface area contributed by atoms with Gasteiger partial charge in [0.1, 0.15) is 11.4 Å². The molecule has 214 valence electrons. The molecule has 1 heterocycles. The summed E-state index contributed by atoms with van der Waals surface area (Å²) in [6, 6.07) is 5.37. The van der Waals surface area contributed by atoms with Gasteiger partial charge in [-0.3, -0.25) is 29.0 Å². The molecule has 1 aromatic heterocycles. The Kier molecular flexibility index (Phi) is 7.54. The summed E-state index contributed by atoms with van der Waals surface area (Å²) in [5, 5.41) is 14.4. The van der Waals surface area contributed by atoms with Crippen molar-refractivity contribution in [3.8, 4) is 0 Å². The van der Waals surface area contributed by atoms with Crippen LogP contribution >= 0.6 is 0 Å². The molecular formula is C31H38N2O7. The minimum atomic E-state index is -1.77. The predicted molar refractivity (Wildman–Crippen MR) is 143 cm³/mol. The fraction of sp³-hybridized carbons (Fsp3) is 0.613. The van der Waals surface area contributed by atoms with Crippen LogP contribution in [0.5, 0.6) is 0 Å². The van der Waals surface area contributed by atoms with E-state index in [-0.39, 0.29) is 72.9 Å². The van der Waals surface area contributed by atoms with Crippen molar-refractivity contribution in [3.63, 3.8) is 0 Å². The highest BCUT2D eigenvalue weighted by atomic mass is 16.5. The average molecular weight is 551 g/mol. The molecule has 0 radical (unpaired) electrons. The minimum absolute atomic E-state index is 0.0151. The van der Waals surface area contributed by atoms with Crippen molar-refractivity contribution in [1.29, 1.82) is 0 Å².